The highest BCUT2D eigenvalue weighted by molar-refractivity contribution is 7.89. The zero-order valence-electron chi connectivity index (χ0n) is 18.8. The molecule has 2 aromatic carbocycles. The Morgan fingerprint density at radius 1 is 1.11 bits per heavy atom. The molecule has 4 rings (SSSR count). The maximum atomic E-state index is 12.7. The molecule has 182 valence electrons. The van der Waals surface area contributed by atoms with Crippen molar-refractivity contribution in [1.29, 1.82) is 0 Å². The minimum atomic E-state index is -3.58. The quantitative estimate of drug-likeness (QED) is 0.301. The third-order valence-corrected chi connectivity index (χ3v) is 7.22. The molecule has 0 unspecified atom stereocenters. The van der Waals surface area contributed by atoms with Gasteiger partial charge < -0.3 is 10.1 Å². The average molecular weight is 498 g/mol. The van der Waals surface area contributed by atoms with Crippen LogP contribution in [-0.4, -0.2) is 59.6 Å². The maximum absolute atomic E-state index is 12.7. The third-order valence-electron chi connectivity index (χ3n) is 5.30. The molecule has 0 spiro atoms. The number of amides is 1. The zero-order valence-corrected chi connectivity index (χ0v) is 19.6. The number of nitro benzene ring substituents is 1. The number of ether oxygens (including phenoxy) is 1. The molecule has 1 amide bonds. The van der Waals surface area contributed by atoms with Crippen LogP contribution in [0.15, 0.2) is 65.6 Å². The first-order chi connectivity index (χ1) is 16.7. The molecule has 1 aliphatic rings. The van der Waals surface area contributed by atoms with Crippen molar-refractivity contribution in [2.24, 2.45) is 0 Å². The van der Waals surface area contributed by atoms with Crippen molar-refractivity contribution in [2.45, 2.75) is 11.8 Å². The fourth-order valence-electron chi connectivity index (χ4n) is 3.53. The summed E-state index contributed by atoms with van der Waals surface area (Å²) in [4.78, 5) is 23.1. The number of hydrogen-bond acceptors (Lipinski definition) is 7. The Hall–Kier alpha value is -3.87. The van der Waals surface area contributed by atoms with Crippen molar-refractivity contribution in [3.8, 4) is 5.69 Å². The van der Waals surface area contributed by atoms with Crippen molar-refractivity contribution < 1.29 is 22.9 Å². The lowest BCUT2D eigenvalue weighted by Gasteiger charge is -2.26. The number of carbonyl (C=O) groups is 1. The van der Waals surface area contributed by atoms with E-state index in [0.717, 1.165) is 0 Å². The summed E-state index contributed by atoms with van der Waals surface area (Å²) in [5.74, 6) is -0.0176. The van der Waals surface area contributed by atoms with E-state index in [1.165, 1.54) is 39.3 Å². The Morgan fingerprint density at radius 3 is 2.40 bits per heavy atom. The molecule has 0 radical (unpaired) electrons. The van der Waals surface area contributed by atoms with Crippen LogP contribution < -0.4 is 5.32 Å². The van der Waals surface area contributed by atoms with Gasteiger partial charge in [-0.15, -0.1) is 0 Å². The Bertz CT molecular complexity index is 1360. The predicted octanol–water partition coefficient (Wildman–Crippen LogP) is 2.76. The second-order valence-corrected chi connectivity index (χ2v) is 9.70. The summed E-state index contributed by atoms with van der Waals surface area (Å²) in [5, 5.41) is 18.0. The molecule has 1 aliphatic heterocycles. The number of sulfonamides is 1. The number of rotatable bonds is 7. The first-order valence-electron chi connectivity index (χ1n) is 10.7. The van der Waals surface area contributed by atoms with Gasteiger partial charge in [0.1, 0.15) is 5.82 Å². The van der Waals surface area contributed by atoms with Gasteiger partial charge >= 0.3 is 0 Å². The van der Waals surface area contributed by atoms with Crippen molar-refractivity contribution in [1.82, 2.24) is 14.1 Å². The minimum absolute atomic E-state index is 0.0464. The Labute approximate surface area is 201 Å². The lowest BCUT2D eigenvalue weighted by atomic mass is 10.2. The molecule has 3 aromatic rings. The molecule has 2 heterocycles. The first-order valence-corrected chi connectivity index (χ1v) is 12.2. The molecular formula is C23H23N5O6S. The van der Waals surface area contributed by atoms with Crippen LogP contribution in [0.25, 0.3) is 11.8 Å². The SMILES string of the molecule is Cc1cc(NC(=O)/C=C/c2ccc(S(=O)(=O)N3CCOCC3)cc2)n(-c2ccc([N+](=O)[O-])cc2)n1. The number of non-ortho nitro benzene ring substituents is 1. The van der Waals surface area contributed by atoms with Crippen LogP contribution in [-0.2, 0) is 19.6 Å². The van der Waals surface area contributed by atoms with Gasteiger partial charge in [-0.1, -0.05) is 12.1 Å². The lowest BCUT2D eigenvalue weighted by molar-refractivity contribution is -0.384. The molecule has 1 aromatic heterocycles. The van der Waals surface area contributed by atoms with E-state index in [9.17, 15) is 23.3 Å². The summed E-state index contributed by atoms with van der Waals surface area (Å²) >= 11 is 0. The Morgan fingerprint density at radius 2 is 1.77 bits per heavy atom. The molecule has 0 atom stereocenters. The van der Waals surface area contributed by atoms with Gasteiger partial charge in [0.05, 0.1) is 34.4 Å². The van der Waals surface area contributed by atoms with Crippen LogP contribution in [0.1, 0.15) is 11.3 Å². The van der Waals surface area contributed by atoms with E-state index in [4.69, 9.17) is 4.74 Å². The molecule has 1 N–H and O–H groups in total. The standard InChI is InChI=1S/C23H23N5O6S/c1-17-16-22(27(25-17)19-5-7-20(8-6-19)28(30)31)24-23(29)11-4-18-2-9-21(10-3-18)35(32,33)26-12-14-34-15-13-26/h2-11,16H,12-15H2,1H3,(H,24,29)/b11-4+. The number of anilines is 1. The predicted molar refractivity (Wildman–Crippen MR) is 129 cm³/mol. The highest BCUT2D eigenvalue weighted by atomic mass is 32.2. The zero-order chi connectivity index (χ0) is 25.0. The van der Waals surface area contributed by atoms with E-state index in [0.29, 0.717) is 49.1 Å². The van der Waals surface area contributed by atoms with Crippen LogP contribution in [0.5, 0.6) is 0 Å². The number of morpholine rings is 1. The summed E-state index contributed by atoms with van der Waals surface area (Å²) in [6, 6.07) is 13.8. The second kappa shape index (κ2) is 10.2. The number of carbonyl (C=O) groups excluding carboxylic acids is 1. The largest absolute Gasteiger partial charge is 0.379 e. The highest BCUT2D eigenvalue weighted by Crippen LogP contribution is 2.21. The molecule has 1 saturated heterocycles. The van der Waals surface area contributed by atoms with Gasteiger partial charge in [-0.3, -0.25) is 14.9 Å². The van der Waals surface area contributed by atoms with Crippen LogP contribution in [0.2, 0.25) is 0 Å². The molecule has 0 aliphatic carbocycles. The van der Waals surface area contributed by atoms with Crippen molar-refractivity contribution in [3.05, 3.63) is 82.0 Å². The van der Waals surface area contributed by atoms with Gasteiger partial charge in [0.15, 0.2) is 0 Å². The average Bonchev–Trinajstić information content (AvgIpc) is 3.23. The first kappa shape index (κ1) is 24.3. The van der Waals surface area contributed by atoms with Crippen LogP contribution in [0.4, 0.5) is 11.5 Å². The summed E-state index contributed by atoms with van der Waals surface area (Å²) in [6.07, 6.45) is 2.90. The topological polar surface area (TPSA) is 137 Å². The summed E-state index contributed by atoms with van der Waals surface area (Å²) in [7, 11) is -3.58. The maximum Gasteiger partial charge on any atom is 0.269 e. The lowest BCUT2D eigenvalue weighted by Crippen LogP contribution is -2.40. The monoisotopic (exact) mass is 497 g/mol. The van der Waals surface area contributed by atoms with E-state index < -0.39 is 20.9 Å². The Balaban J connectivity index is 1.44. The van der Waals surface area contributed by atoms with Gasteiger partial charge in [-0.25, -0.2) is 13.1 Å². The summed E-state index contributed by atoms with van der Waals surface area (Å²) in [5.41, 5.74) is 1.82. The highest BCUT2D eigenvalue weighted by Gasteiger charge is 2.26. The van der Waals surface area contributed by atoms with E-state index in [1.807, 2.05) is 0 Å². The number of nitro groups is 1. The number of aromatic nitrogens is 2. The summed E-state index contributed by atoms with van der Waals surface area (Å²) < 4.78 is 33.5. The number of nitrogens with zero attached hydrogens (tertiary/aromatic N) is 4. The molecular weight excluding hydrogens is 474 g/mol. The van der Waals surface area contributed by atoms with E-state index in [1.54, 1.807) is 43.3 Å². The number of hydrogen-bond donors (Lipinski definition) is 1. The molecule has 11 nitrogen and oxygen atoms in total. The molecule has 12 heteroatoms. The normalized spacial score (nSPS) is 14.8. The molecule has 0 saturated carbocycles. The smallest absolute Gasteiger partial charge is 0.269 e. The van der Waals surface area contributed by atoms with Crippen LogP contribution in [0.3, 0.4) is 0 Å². The van der Waals surface area contributed by atoms with Gasteiger partial charge in [0.2, 0.25) is 15.9 Å². The van der Waals surface area contributed by atoms with Crippen molar-refractivity contribution in [3.63, 3.8) is 0 Å². The van der Waals surface area contributed by atoms with Crippen LogP contribution >= 0.6 is 0 Å². The van der Waals surface area contributed by atoms with E-state index >= 15 is 0 Å². The Kier molecular flexibility index (Phi) is 7.05. The minimum Gasteiger partial charge on any atom is -0.379 e. The number of aryl methyl sites for hydroxylation is 1. The molecule has 35 heavy (non-hydrogen) atoms. The second-order valence-electron chi connectivity index (χ2n) is 7.76. The fourth-order valence-corrected chi connectivity index (χ4v) is 4.94. The van der Waals surface area contributed by atoms with E-state index in [-0.39, 0.29) is 10.6 Å². The third kappa shape index (κ3) is 5.62. The van der Waals surface area contributed by atoms with Crippen LogP contribution in [0, 0.1) is 17.0 Å². The van der Waals surface area contributed by atoms with Gasteiger partial charge in [0, 0.05) is 37.4 Å². The van der Waals surface area contributed by atoms with E-state index in [2.05, 4.69) is 10.4 Å². The number of benzene rings is 2. The summed E-state index contributed by atoms with van der Waals surface area (Å²) in [6.45, 7) is 3.15. The van der Waals surface area contributed by atoms with Gasteiger partial charge in [-0.05, 0) is 42.8 Å². The fraction of sp³-hybridized carbons (Fsp3) is 0.217. The van der Waals surface area contributed by atoms with Crippen molar-refractivity contribution >= 4 is 33.5 Å². The van der Waals surface area contributed by atoms with Crippen molar-refractivity contribution in [2.75, 3.05) is 31.6 Å². The molecule has 0 bridgehead atoms. The van der Waals surface area contributed by atoms with Gasteiger partial charge in [-0.2, -0.15) is 9.40 Å². The van der Waals surface area contributed by atoms with Gasteiger partial charge in [0.25, 0.3) is 5.69 Å². The number of nitrogens with one attached hydrogen (secondary N) is 1. The molecule has 1 fully saturated rings.